The summed E-state index contributed by atoms with van der Waals surface area (Å²) in [5.74, 6) is -0.0875. The van der Waals surface area contributed by atoms with Crippen molar-refractivity contribution >= 4 is 11.6 Å². The first-order valence-corrected chi connectivity index (χ1v) is 6.35. The summed E-state index contributed by atoms with van der Waals surface area (Å²) in [6, 6.07) is 8.81. The van der Waals surface area contributed by atoms with Crippen LogP contribution >= 0.6 is 0 Å². The van der Waals surface area contributed by atoms with Crippen LogP contribution in [0.25, 0.3) is 0 Å². The number of para-hydroxylation sites is 1. The van der Waals surface area contributed by atoms with Crippen LogP contribution in [-0.2, 0) is 4.79 Å². The minimum Gasteiger partial charge on any atom is -0.396 e. The second kappa shape index (κ2) is 5.83. The van der Waals surface area contributed by atoms with Gasteiger partial charge in [-0.2, -0.15) is 5.26 Å². The number of carbonyl (C=O) groups excluding carboxylic acids is 1. The third-order valence-electron chi connectivity index (χ3n) is 3.34. The van der Waals surface area contributed by atoms with E-state index in [0.29, 0.717) is 24.2 Å². The van der Waals surface area contributed by atoms with Gasteiger partial charge in [0.15, 0.2) is 0 Å². The maximum absolute atomic E-state index is 12.4. The third kappa shape index (κ3) is 2.60. The lowest BCUT2D eigenvalue weighted by Crippen LogP contribution is -2.60. The smallest absolute Gasteiger partial charge is 0.244 e. The van der Waals surface area contributed by atoms with E-state index in [2.05, 4.69) is 11.4 Å². The molecule has 5 nitrogen and oxygen atoms in total. The first-order valence-electron chi connectivity index (χ1n) is 6.35. The number of anilines is 1. The van der Waals surface area contributed by atoms with Crippen molar-refractivity contribution in [3.05, 3.63) is 29.8 Å². The molecule has 0 aromatic heterocycles. The average molecular weight is 259 g/mol. The number of rotatable bonds is 3. The van der Waals surface area contributed by atoms with Gasteiger partial charge in [0.25, 0.3) is 0 Å². The molecule has 2 unspecified atom stereocenters. The molecule has 19 heavy (non-hydrogen) atoms. The van der Waals surface area contributed by atoms with E-state index in [4.69, 9.17) is 10.4 Å². The summed E-state index contributed by atoms with van der Waals surface area (Å²) in [7, 11) is 0. The Kier molecular flexibility index (Phi) is 4.15. The summed E-state index contributed by atoms with van der Waals surface area (Å²) in [6.45, 7) is 2.55. The fourth-order valence-electron chi connectivity index (χ4n) is 2.37. The summed E-state index contributed by atoms with van der Waals surface area (Å²) in [6.07, 6.45) is 0.386. The van der Waals surface area contributed by atoms with Crippen molar-refractivity contribution in [1.29, 1.82) is 5.26 Å². The molecule has 0 radical (unpaired) electrons. The Morgan fingerprint density at radius 3 is 2.95 bits per heavy atom. The molecule has 1 aliphatic rings. The monoisotopic (exact) mass is 259 g/mol. The number of piperazine rings is 1. The summed E-state index contributed by atoms with van der Waals surface area (Å²) in [5.41, 5.74) is 1.14. The number of carbonyl (C=O) groups is 1. The topological polar surface area (TPSA) is 76.4 Å². The largest absolute Gasteiger partial charge is 0.396 e. The number of nitriles is 1. The highest BCUT2D eigenvalue weighted by atomic mass is 16.3. The van der Waals surface area contributed by atoms with E-state index in [1.54, 1.807) is 23.1 Å². The van der Waals surface area contributed by atoms with Gasteiger partial charge in [-0.05, 0) is 25.5 Å². The Balaban J connectivity index is 2.35. The van der Waals surface area contributed by atoms with Crippen molar-refractivity contribution in [2.45, 2.75) is 25.4 Å². The van der Waals surface area contributed by atoms with E-state index >= 15 is 0 Å². The maximum Gasteiger partial charge on any atom is 0.244 e. The Labute approximate surface area is 112 Å². The van der Waals surface area contributed by atoms with Gasteiger partial charge in [0.2, 0.25) is 5.91 Å². The van der Waals surface area contributed by atoms with E-state index in [1.807, 2.05) is 13.0 Å². The van der Waals surface area contributed by atoms with Crippen molar-refractivity contribution < 1.29 is 9.90 Å². The Morgan fingerprint density at radius 1 is 1.53 bits per heavy atom. The highest BCUT2D eigenvalue weighted by Gasteiger charge is 2.34. The molecule has 1 aromatic carbocycles. The standard InChI is InChI=1S/C14H17N3O2/c1-10-9-16-12(6-7-18)14(19)17(10)13-5-3-2-4-11(13)8-15/h2-5,10,12,16,18H,6-7,9H2,1H3. The zero-order valence-electron chi connectivity index (χ0n) is 10.8. The van der Waals surface area contributed by atoms with E-state index in [-0.39, 0.29) is 24.6 Å². The van der Waals surface area contributed by atoms with Gasteiger partial charge in [-0.25, -0.2) is 0 Å². The van der Waals surface area contributed by atoms with Gasteiger partial charge >= 0.3 is 0 Å². The Bertz CT molecular complexity index is 510. The van der Waals surface area contributed by atoms with E-state index in [9.17, 15) is 4.79 Å². The van der Waals surface area contributed by atoms with Crippen molar-refractivity contribution in [3.63, 3.8) is 0 Å². The molecule has 1 aliphatic heterocycles. The quantitative estimate of drug-likeness (QED) is 0.835. The summed E-state index contributed by atoms with van der Waals surface area (Å²) in [5, 5.41) is 21.3. The van der Waals surface area contributed by atoms with Crippen molar-refractivity contribution in [2.24, 2.45) is 0 Å². The second-order valence-corrected chi connectivity index (χ2v) is 4.66. The van der Waals surface area contributed by atoms with Gasteiger partial charge in [0.05, 0.1) is 17.3 Å². The van der Waals surface area contributed by atoms with Gasteiger partial charge < -0.3 is 15.3 Å². The average Bonchev–Trinajstić information content (AvgIpc) is 2.43. The van der Waals surface area contributed by atoms with Crippen LogP contribution in [0.5, 0.6) is 0 Å². The lowest BCUT2D eigenvalue weighted by atomic mass is 10.0. The van der Waals surface area contributed by atoms with Crippen molar-refractivity contribution in [1.82, 2.24) is 5.32 Å². The normalized spacial score (nSPS) is 23.2. The molecule has 2 N–H and O–H groups in total. The van der Waals surface area contributed by atoms with Crippen LogP contribution in [0.2, 0.25) is 0 Å². The molecule has 5 heteroatoms. The molecule has 1 amide bonds. The van der Waals surface area contributed by atoms with E-state index in [0.717, 1.165) is 0 Å². The van der Waals surface area contributed by atoms with Gasteiger partial charge in [-0.1, -0.05) is 12.1 Å². The van der Waals surface area contributed by atoms with Crippen LogP contribution in [0, 0.1) is 11.3 Å². The number of hydrogen-bond acceptors (Lipinski definition) is 4. The number of nitrogens with one attached hydrogen (secondary N) is 1. The predicted octanol–water partition coefficient (Wildman–Crippen LogP) is 0.634. The van der Waals surface area contributed by atoms with Crippen LogP contribution in [0.3, 0.4) is 0 Å². The van der Waals surface area contributed by atoms with Gasteiger partial charge in [0.1, 0.15) is 6.07 Å². The molecule has 2 atom stereocenters. The zero-order chi connectivity index (χ0) is 13.8. The fraction of sp³-hybridized carbons (Fsp3) is 0.429. The number of nitrogens with zero attached hydrogens (tertiary/aromatic N) is 2. The highest BCUT2D eigenvalue weighted by Crippen LogP contribution is 2.25. The van der Waals surface area contributed by atoms with Gasteiger partial charge in [0, 0.05) is 19.2 Å². The third-order valence-corrected chi connectivity index (χ3v) is 3.34. The zero-order valence-corrected chi connectivity index (χ0v) is 10.8. The molecule has 1 fully saturated rings. The van der Waals surface area contributed by atoms with Crippen LogP contribution in [-0.4, -0.2) is 36.2 Å². The molecular weight excluding hydrogens is 242 g/mol. The van der Waals surface area contributed by atoms with Crippen LogP contribution in [0.1, 0.15) is 18.9 Å². The summed E-state index contributed by atoms with van der Waals surface area (Å²) in [4.78, 5) is 14.1. The lowest BCUT2D eigenvalue weighted by molar-refractivity contribution is -0.122. The summed E-state index contributed by atoms with van der Waals surface area (Å²) >= 11 is 0. The molecule has 100 valence electrons. The summed E-state index contributed by atoms with van der Waals surface area (Å²) < 4.78 is 0. The van der Waals surface area contributed by atoms with Gasteiger partial charge in [-0.3, -0.25) is 4.79 Å². The molecule has 1 aromatic rings. The number of hydrogen-bond donors (Lipinski definition) is 2. The molecule has 2 rings (SSSR count). The molecule has 0 bridgehead atoms. The van der Waals surface area contributed by atoms with Gasteiger partial charge in [-0.15, -0.1) is 0 Å². The minimum atomic E-state index is -0.382. The molecule has 0 aliphatic carbocycles. The Morgan fingerprint density at radius 2 is 2.26 bits per heavy atom. The molecule has 0 spiro atoms. The number of aliphatic hydroxyl groups is 1. The van der Waals surface area contributed by atoms with Crippen LogP contribution in [0.15, 0.2) is 24.3 Å². The molecule has 1 heterocycles. The number of amides is 1. The van der Waals surface area contributed by atoms with Crippen molar-refractivity contribution in [3.8, 4) is 6.07 Å². The Hall–Kier alpha value is -1.90. The first kappa shape index (κ1) is 13.5. The molecular formula is C14H17N3O2. The van der Waals surface area contributed by atoms with Crippen LogP contribution in [0.4, 0.5) is 5.69 Å². The maximum atomic E-state index is 12.4. The van der Waals surface area contributed by atoms with Crippen molar-refractivity contribution in [2.75, 3.05) is 18.1 Å². The first-order chi connectivity index (χ1) is 9.19. The fourth-order valence-corrected chi connectivity index (χ4v) is 2.37. The van der Waals surface area contributed by atoms with E-state index < -0.39 is 0 Å². The number of aliphatic hydroxyl groups excluding tert-OH is 1. The predicted molar refractivity (Wildman–Crippen MR) is 71.6 cm³/mol. The second-order valence-electron chi connectivity index (χ2n) is 4.66. The molecule has 1 saturated heterocycles. The highest BCUT2D eigenvalue weighted by molar-refractivity contribution is 5.99. The minimum absolute atomic E-state index is 0.0167. The SMILES string of the molecule is CC1CNC(CCO)C(=O)N1c1ccccc1C#N. The molecule has 0 saturated carbocycles. The van der Waals surface area contributed by atoms with E-state index in [1.165, 1.54) is 0 Å². The van der Waals surface area contributed by atoms with Crippen LogP contribution < -0.4 is 10.2 Å². The lowest BCUT2D eigenvalue weighted by Gasteiger charge is -2.38. The number of benzene rings is 1.